The smallest absolute Gasteiger partial charge is 0.146 e. The molecule has 0 saturated heterocycles. The zero-order chi connectivity index (χ0) is 15.1. The summed E-state index contributed by atoms with van der Waals surface area (Å²) in [5.74, 6) is -0.181. The highest BCUT2D eigenvalue weighted by atomic mass is 19.1. The predicted octanol–water partition coefficient (Wildman–Crippen LogP) is 2.97. The summed E-state index contributed by atoms with van der Waals surface area (Å²) in [4.78, 5) is 2.06. The standard InChI is InChI=1S/C16H27FN2O/c1-5-13(3)19(8-9-20-4)16-7-6-14(10-12(2)18)11-15(16)17/h6-7,11-13H,5,8-10,18H2,1-4H3. The van der Waals surface area contributed by atoms with Gasteiger partial charge >= 0.3 is 0 Å². The topological polar surface area (TPSA) is 38.5 Å². The van der Waals surface area contributed by atoms with E-state index in [0.29, 0.717) is 25.3 Å². The van der Waals surface area contributed by atoms with Crippen molar-refractivity contribution in [1.29, 1.82) is 0 Å². The number of methoxy groups -OCH3 is 1. The zero-order valence-electron chi connectivity index (χ0n) is 13.0. The van der Waals surface area contributed by atoms with E-state index in [1.54, 1.807) is 13.2 Å². The van der Waals surface area contributed by atoms with Gasteiger partial charge in [-0.2, -0.15) is 0 Å². The van der Waals surface area contributed by atoms with E-state index in [1.807, 2.05) is 19.1 Å². The van der Waals surface area contributed by atoms with Gasteiger partial charge in [-0.1, -0.05) is 13.0 Å². The molecule has 0 aromatic heterocycles. The fourth-order valence-corrected chi connectivity index (χ4v) is 2.27. The molecule has 0 aliphatic heterocycles. The number of nitrogens with zero attached hydrogens (tertiary/aromatic N) is 1. The minimum atomic E-state index is -0.181. The quantitative estimate of drug-likeness (QED) is 0.796. The third-order valence-corrected chi connectivity index (χ3v) is 3.54. The molecule has 1 aromatic rings. The highest BCUT2D eigenvalue weighted by Gasteiger charge is 2.17. The van der Waals surface area contributed by atoms with E-state index in [2.05, 4.69) is 18.7 Å². The largest absolute Gasteiger partial charge is 0.383 e. The number of hydrogen-bond donors (Lipinski definition) is 1. The van der Waals surface area contributed by atoms with Crippen LogP contribution < -0.4 is 10.6 Å². The summed E-state index contributed by atoms with van der Waals surface area (Å²) in [7, 11) is 1.66. The summed E-state index contributed by atoms with van der Waals surface area (Å²) in [5.41, 5.74) is 7.34. The fourth-order valence-electron chi connectivity index (χ4n) is 2.27. The molecular weight excluding hydrogens is 255 g/mol. The summed E-state index contributed by atoms with van der Waals surface area (Å²) in [5, 5.41) is 0. The second-order valence-corrected chi connectivity index (χ2v) is 5.41. The first-order valence-corrected chi connectivity index (χ1v) is 7.29. The molecule has 0 aliphatic carbocycles. The Bertz CT molecular complexity index is 409. The molecule has 0 bridgehead atoms. The van der Waals surface area contributed by atoms with Crippen LogP contribution in [-0.4, -0.2) is 32.3 Å². The number of anilines is 1. The Morgan fingerprint density at radius 2 is 2.05 bits per heavy atom. The van der Waals surface area contributed by atoms with Crippen LogP contribution in [0.25, 0.3) is 0 Å². The maximum Gasteiger partial charge on any atom is 0.146 e. The predicted molar refractivity (Wildman–Crippen MR) is 82.7 cm³/mol. The molecule has 4 heteroatoms. The lowest BCUT2D eigenvalue weighted by molar-refractivity contribution is 0.203. The van der Waals surface area contributed by atoms with E-state index < -0.39 is 0 Å². The molecule has 2 atom stereocenters. The number of nitrogens with two attached hydrogens (primary N) is 1. The Kier molecular flexibility index (Phi) is 6.96. The van der Waals surface area contributed by atoms with Crippen LogP contribution in [0.3, 0.4) is 0 Å². The van der Waals surface area contributed by atoms with Crippen LogP contribution in [0.1, 0.15) is 32.8 Å². The molecule has 0 spiro atoms. The van der Waals surface area contributed by atoms with Crippen LogP contribution in [0, 0.1) is 5.82 Å². The van der Waals surface area contributed by atoms with Crippen LogP contribution in [-0.2, 0) is 11.2 Å². The van der Waals surface area contributed by atoms with Gasteiger partial charge in [-0.15, -0.1) is 0 Å². The van der Waals surface area contributed by atoms with E-state index in [1.165, 1.54) is 0 Å². The molecule has 114 valence electrons. The van der Waals surface area contributed by atoms with Crippen molar-refractivity contribution in [3.8, 4) is 0 Å². The molecule has 0 radical (unpaired) electrons. The number of rotatable bonds is 8. The van der Waals surface area contributed by atoms with Crippen molar-refractivity contribution in [3.05, 3.63) is 29.6 Å². The van der Waals surface area contributed by atoms with Crippen molar-refractivity contribution >= 4 is 5.69 Å². The van der Waals surface area contributed by atoms with Crippen molar-refractivity contribution in [2.24, 2.45) is 5.73 Å². The van der Waals surface area contributed by atoms with Gasteiger partial charge in [-0.25, -0.2) is 4.39 Å². The molecule has 2 unspecified atom stereocenters. The molecule has 0 saturated carbocycles. The third kappa shape index (κ3) is 4.76. The Labute approximate surface area is 121 Å². The van der Waals surface area contributed by atoms with Gasteiger partial charge in [0, 0.05) is 25.7 Å². The summed E-state index contributed by atoms with van der Waals surface area (Å²) in [6.45, 7) is 7.41. The average molecular weight is 282 g/mol. The lowest BCUT2D eigenvalue weighted by Crippen LogP contribution is -2.36. The van der Waals surface area contributed by atoms with Gasteiger partial charge in [0.25, 0.3) is 0 Å². The van der Waals surface area contributed by atoms with Crippen molar-refractivity contribution in [2.75, 3.05) is 25.2 Å². The number of benzene rings is 1. The van der Waals surface area contributed by atoms with Gasteiger partial charge in [0.15, 0.2) is 0 Å². The monoisotopic (exact) mass is 282 g/mol. The molecule has 20 heavy (non-hydrogen) atoms. The van der Waals surface area contributed by atoms with Crippen molar-refractivity contribution in [1.82, 2.24) is 0 Å². The number of halogens is 1. The summed E-state index contributed by atoms with van der Waals surface area (Å²) >= 11 is 0. The van der Waals surface area contributed by atoms with Crippen molar-refractivity contribution in [3.63, 3.8) is 0 Å². The van der Waals surface area contributed by atoms with E-state index >= 15 is 0 Å². The molecule has 1 rings (SSSR count). The van der Waals surface area contributed by atoms with Gasteiger partial charge in [-0.3, -0.25) is 0 Å². The first-order valence-electron chi connectivity index (χ1n) is 7.29. The summed E-state index contributed by atoms with van der Waals surface area (Å²) in [6, 6.07) is 5.73. The minimum absolute atomic E-state index is 0.0411. The first kappa shape index (κ1) is 16.9. The SMILES string of the molecule is CCC(C)N(CCOC)c1ccc(CC(C)N)cc1F. The Hall–Kier alpha value is -1.13. The second kappa shape index (κ2) is 8.22. The van der Waals surface area contributed by atoms with Crippen LogP contribution in [0.15, 0.2) is 18.2 Å². The Morgan fingerprint density at radius 3 is 2.55 bits per heavy atom. The highest BCUT2D eigenvalue weighted by molar-refractivity contribution is 5.50. The maximum absolute atomic E-state index is 14.4. The van der Waals surface area contributed by atoms with Gasteiger partial charge < -0.3 is 15.4 Å². The molecule has 3 nitrogen and oxygen atoms in total. The zero-order valence-corrected chi connectivity index (χ0v) is 13.0. The van der Waals surface area contributed by atoms with Crippen LogP contribution >= 0.6 is 0 Å². The Morgan fingerprint density at radius 1 is 1.35 bits per heavy atom. The fraction of sp³-hybridized carbons (Fsp3) is 0.625. The lowest BCUT2D eigenvalue weighted by Gasteiger charge is -2.31. The van der Waals surface area contributed by atoms with Crippen LogP contribution in [0.5, 0.6) is 0 Å². The van der Waals surface area contributed by atoms with E-state index in [-0.39, 0.29) is 17.9 Å². The molecule has 0 fully saturated rings. The number of ether oxygens (including phenoxy) is 1. The maximum atomic E-state index is 14.4. The van der Waals surface area contributed by atoms with Gasteiger partial charge in [0.2, 0.25) is 0 Å². The average Bonchev–Trinajstić information content (AvgIpc) is 2.40. The van der Waals surface area contributed by atoms with Crippen LogP contribution in [0.4, 0.5) is 10.1 Å². The molecule has 1 aromatic carbocycles. The third-order valence-electron chi connectivity index (χ3n) is 3.54. The highest BCUT2D eigenvalue weighted by Crippen LogP contribution is 2.24. The van der Waals surface area contributed by atoms with Gasteiger partial charge in [0.05, 0.1) is 12.3 Å². The minimum Gasteiger partial charge on any atom is -0.383 e. The summed E-state index contributed by atoms with van der Waals surface area (Å²) in [6.07, 6.45) is 1.66. The van der Waals surface area contributed by atoms with Gasteiger partial charge in [0.1, 0.15) is 5.82 Å². The van der Waals surface area contributed by atoms with Crippen molar-refractivity contribution in [2.45, 2.75) is 45.7 Å². The molecule has 2 N–H and O–H groups in total. The second-order valence-electron chi connectivity index (χ2n) is 5.41. The Balaban J connectivity index is 2.95. The summed E-state index contributed by atoms with van der Waals surface area (Å²) < 4.78 is 19.5. The molecule has 0 aliphatic rings. The van der Waals surface area contributed by atoms with E-state index in [9.17, 15) is 4.39 Å². The van der Waals surface area contributed by atoms with Crippen molar-refractivity contribution < 1.29 is 9.13 Å². The number of hydrogen-bond acceptors (Lipinski definition) is 3. The first-order chi connectivity index (χ1) is 9.49. The molecule has 0 amide bonds. The normalized spacial score (nSPS) is 14.1. The van der Waals surface area contributed by atoms with Gasteiger partial charge in [-0.05, 0) is 44.4 Å². The molecule has 0 heterocycles. The molecular formula is C16H27FN2O. The van der Waals surface area contributed by atoms with E-state index in [0.717, 1.165) is 12.0 Å². The van der Waals surface area contributed by atoms with E-state index in [4.69, 9.17) is 10.5 Å². The van der Waals surface area contributed by atoms with Crippen LogP contribution in [0.2, 0.25) is 0 Å². The lowest BCUT2D eigenvalue weighted by atomic mass is 10.1.